The molecule has 0 amide bonds. The van der Waals surface area contributed by atoms with Crippen LogP contribution in [0, 0.1) is 0 Å². The molecule has 4 heteroatoms. The lowest BCUT2D eigenvalue weighted by molar-refractivity contribution is -0.161. The lowest BCUT2D eigenvalue weighted by atomic mass is 10.3. The van der Waals surface area contributed by atoms with Gasteiger partial charge < -0.3 is 4.74 Å². The molecule has 0 radical (unpaired) electrons. The fraction of sp³-hybridized carbons (Fsp3) is 0.429. The van der Waals surface area contributed by atoms with Crippen LogP contribution in [0.3, 0.4) is 0 Å². The Bertz CT molecular complexity index is 191. The summed E-state index contributed by atoms with van der Waals surface area (Å²) in [5.74, 6) is 0.278. The third-order valence-corrected chi connectivity index (χ3v) is 1.75. The number of halogens is 1. The quantitative estimate of drug-likeness (QED) is 0.643. The van der Waals surface area contributed by atoms with Crippen molar-refractivity contribution in [3.63, 3.8) is 0 Å². The molecule has 1 aliphatic heterocycles. The Morgan fingerprint density at radius 2 is 2.55 bits per heavy atom. The molecule has 0 fully saturated rings. The molecule has 0 aromatic carbocycles. The van der Waals surface area contributed by atoms with E-state index in [1.807, 2.05) is 0 Å². The molecule has 1 N–H and O–H groups in total. The number of rotatable bonds is 2. The highest BCUT2D eigenvalue weighted by atomic mass is 35.5. The van der Waals surface area contributed by atoms with E-state index in [-0.39, 0.29) is 5.88 Å². The zero-order valence-electron chi connectivity index (χ0n) is 6.20. The largest absolute Gasteiger partial charge is 0.356 e. The second-order valence-electron chi connectivity index (χ2n) is 2.15. The van der Waals surface area contributed by atoms with Crippen LogP contribution in [0.15, 0.2) is 23.9 Å². The third kappa shape index (κ3) is 1.74. The van der Waals surface area contributed by atoms with Gasteiger partial charge in [0.2, 0.25) is 0 Å². The molecular weight excluding hydrogens is 166 g/mol. The summed E-state index contributed by atoms with van der Waals surface area (Å²) in [5.41, 5.74) is 0.640. The normalized spacial score (nSPS) is 23.7. The van der Waals surface area contributed by atoms with Gasteiger partial charge in [0.05, 0.1) is 11.6 Å². The Labute approximate surface area is 70.5 Å². The Balaban J connectivity index is 2.68. The third-order valence-electron chi connectivity index (χ3n) is 1.48. The molecule has 0 aromatic rings. The summed E-state index contributed by atoms with van der Waals surface area (Å²) in [6.07, 6.45) is 4.87. The van der Waals surface area contributed by atoms with Crippen LogP contribution >= 0.6 is 11.6 Å². The van der Waals surface area contributed by atoms with Crippen molar-refractivity contribution in [2.75, 3.05) is 13.0 Å². The first-order valence-corrected chi connectivity index (χ1v) is 3.77. The van der Waals surface area contributed by atoms with Gasteiger partial charge in [0, 0.05) is 7.11 Å². The van der Waals surface area contributed by atoms with Gasteiger partial charge in [0.15, 0.2) is 6.23 Å². The first-order chi connectivity index (χ1) is 5.29. The van der Waals surface area contributed by atoms with Crippen LogP contribution in [0.1, 0.15) is 0 Å². The molecule has 1 unspecified atom stereocenters. The molecule has 1 atom stereocenters. The highest BCUT2D eigenvalue weighted by Crippen LogP contribution is 2.14. The summed E-state index contributed by atoms with van der Waals surface area (Å²) in [4.78, 5) is 0. The van der Waals surface area contributed by atoms with Gasteiger partial charge in [-0.05, 0) is 12.2 Å². The summed E-state index contributed by atoms with van der Waals surface area (Å²) >= 11 is 5.54. The van der Waals surface area contributed by atoms with E-state index in [1.165, 1.54) is 7.11 Å². The maximum atomic E-state index is 9.33. The maximum absolute atomic E-state index is 9.33. The zero-order valence-corrected chi connectivity index (χ0v) is 6.95. The van der Waals surface area contributed by atoms with Gasteiger partial charge in [-0.2, -0.15) is 0 Å². The number of hydrogen-bond acceptors (Lipinski definition) is 3. The molecule has 1 rings (SSSR count). The fourth-order valence-corrected chi connectivity index (χ4v) is 1.08. The van der Waals surface area contributed by atoms with E-state index in [9.17, 15) is 5.21 Å². The number of hydroxylamine groups is 2. The van der Waals surface area contributed by atoms with Gasteiger partial charge >= 0.3 is 0 Å². The monoisotopic (exact) mass is 175 g/mol. The SMILES string of the molecule is COC1C=CC=C(CCl)N1O. The first kappa shape index (κ1) is 8.59. The molecule has 0 aromatic heterocycles. The number of hydrogen-bond donors (Lipinski definition) is 1. The van der Waals surface area contributed by atoms with Crippen molar-refractivity contribution in [1.29, 1.82) is 0 Å². The predicted molar refractivity (Wildman–Crippen MR) is 42.4 cm³/mol. The van der Waals surface area contributed by atoms with E-state index in [1.54, 1.807) is 18.2 Å². The number of nitrogens with zero attached hydrogens (tertiary/aromatic N) is 1. The molecule has 11 heavy (non-hydrogen) atoms. The minimum absolute atomic E-state index is 0.278. The Hall–Kier alpha value is -0.510. The first-order valence-electron chi connectivity index (χ1n) is 3.24. The second-order valence-corrected chi connectivity index (χ2v) is 2.41. The molecule has 3 nitrogen and oxygen atoms in total. The lowest BCUT2D eigenvalue weighted by Gasteiger charge is -2.27. The van der Waals surface area contributed by atoms with Crippen molar-refractivity contribution in [2.45, 2.75) is 6.23 Å². The van der Waals surface area contributed by atoms with Gasteiger partial charge in [0.25, 0.3) is 0 Å². The topological polar surface area (TPSA) is 32.7 Å². The minimum Gasteiger partial charge on any atom is -0.356 e. The smallest absolute Gasteiger partial charge is 0.172 e. The van der Waals surface area contributed by atoms with E-state index < -0.39 is 6.23 Å². The number of ether oxygens (including phenoxy) is 1. The summed E-state index contributed by atoms with van der Waals surface area (Å²) < 4.78 is 4.93. The molecule has 0 aliphatic carbocycles. The Kier molecular flexibility index (Phi) is 2.93. The van der Waals surface area contributed by atoms with Crippen molar-refractivity contribution < 1.29 is 9.94 Å². The molecule has 62 valence electrons. The van der Waals surface area contributed by atoms with Crippen molar-refractivity contribution in [3.05, 3.63) is 23.9 Å². The summed E-state index contributed by atoms with van der Waals surface area (Å²) in [6.45, 7) is 0. The van der Waals surface area contributed by atoms with Gasteiger partial charge in [-0.3, -0.25) is 5.21 Å². The molecular formula is C7H10ClNO2. The van der Waals surface area contributed by atoms with Gasteiger partial charge in [-0.15, -0.1) is 11.6 Å². The van der Waals surface area contributed by atoms with E-state index in [4.69, 9.17) is 16.3 Å². The van der Waals surface area contributed by atoms with Gasteiger partial charge in [-0.25, -0.2) is 5.06 Å². The molecule has 1 aliphatic rings. The van der Waals surface area contributed by atoms with Crippen molar-refractivity contribution in [3.8, 4) is 0 Å². The van der Waals surface area contributed by atoms with E-state index in [0.29, 0.717) is 5.70 Å². The van der Waals surface area contributed by atoms with Crippen LogP contribution in [0.25, 0.3) is 0 Å². The highest BCUT2D eigenvalue weighted by Gasteiger charge is 2.17. The van der Waals surface area contributed by atoms with Crippen LogP contribution in [-0.4, -0.2) is 29.5 Å². The molecule has 1 heterocycles. The fourth-order valence-electron chi connectivity index (χ4n) is 0.867. The van der Waals surface area contributed by atoms with Gasteiger partial charge in [0.1, 0.15) is 0 Å². The van der Waals surface area contributed by atoms with E-state index in [0.717, 1.165) is 5.06 Å². The molecule has 0 bridgehead atoms. The number of allylic oxidation sites excluding steroid dienone is 3. The highest BCUT2D eigenvalue weighted by molar-refractivity contribution is 6.19. The summed E-state index contributed by atoms with van der Waals surface area (Å²) in [5, 5.41) is 10.3. The van der Waals surface area contributed by atoms with Crippen molar-refractivity contribution >= 4 is 11.6 Å². The summed E-state index contributed by atoms with van der Waals surface area (Å²) in [7, 11) is 1.52. The van der Waals surface area contributed by atoms with Crippen molar-refractivity contribution in [2.24, 2.45) is 0 Å². The van der Waals surface area contributed by atoms with Crippen molar-refractivity contribution in [1.82, 2.24) is 5.06 Å². The Morgan fingerprint density at radius 3 is 3.09 bits per heavy atom. The van der Waals surface area contributed by atoms with Crippen LogP contribution < -0.4 is 0 Å². The van der Waals surface area contributed by atoms with Crippen LogP contribution in [0.2, 0.25) is 0 Å². The Morgan fingerprint density at radius 1 is 1.82 bits per heavy atom. The minimum atomic E-state index is -0.409. The average molecular weight is 176 g/mol. The standard InChI is InChI=1S/C7H10ClNO2/c1-11-7-4-2-3-6(5-8)9(7)10/h2-4,7,10H,5H2,1H3. The molecule has 0 saturated heterocycles. The maximum Gasteiger partial charge on any atom is 0.172 e. The predicted octanol–water partition coefficient (Wildman–Crippen LogP) is 1.34. The van der Waals surface area contributed by atoms with E-state index in [2.05, 4.69) is 0 Å². The number of methoxy groups -OCH3 is 1. The second kappa shape index (κ2) is 3.76. The van der Waals surface area contributed by atoms with Crippen LogP contribution in [0.5, 0.6) is 0 Å². The molecule has 0 spiro atoms. The van der Waals surface area contributed by atoms with Crippen LogP contribution in [-0.2, 0) is 4.74 Å². The van der Waals surface area contributed by atoms with Crippen LogP contribution in [0.4, 0.5) is 0 Å². The molecule has 0 saturated carbocycles. The average Bonchev–Trinajstić information content (AvgIpc) is 2.05. The number of alkyl halides is 1. The van der Waals surface area contributed by atoms with Gasteiger partial charge in [-0.1, -0.05) is 6.08 Å². The summed E-state index contributed by atoms with van der Waals surface area (Å²) in [6, 6.07) is 0. The van der Waals surface area contributed by atoms with E-state index >= 15 is 0 Å². The zero-order chi connectivity index (χ0) is 8.27. The lowest BCUT2D eigenvalue weighted by Crippen LogP contribution is -2.33.